The van der Waals surface area contributed by atoms with Crippen molar-refractivity contribution >= 4 is 27.3 Å². The van der Waals surface area contributed by atoms with Crippen LogP contribution in [-0.2, 0) is 20.4 Å². The second-order valence-corrected chi connectivity index (χ2v) is 12.9. The first-order chi connectivity index (χ1) is 17.7. The van der Waals surface area contributed by atoms with Gasteiger partial charge in [-0.1, -0.05) is 36.4 Å². The smallest absolute Gasteiger partial charge is 0.339 e. The monoisotopic (exact) mass is 542 g/mol. The first kappa shape index (κ1) is 27.3. The molecule has 3 aromatic rings. The van der Waals surface area contributed by atoms with E-state index < -0.39 is 21.6 Å². The van der Waals surface area contributed by atoms with Crippen LogP contribution in [0.25, 0.3) is 0 Å². The summed E-state index contributed by atoms with van der Waals surface area (Å²) in [5, 5.41) is 1.77. The number of sulfonamides is 1. The zero-order chi connectivity index (χ0) is 26.6. The van der Waals surface area contributed by atoms with Crippen LogP contribution >= 0.6 is 11.3 Å². The maximum Gasteiger partial charge on any atom is 0.339 e. The number of hydrogen-bond acceptors (Lipinski definition) is 7. The molecule has 1 aliphatic rings. The van der Waals surface area contributed by atoms with E-state index in [0.717, 1.165) is 5.56 Å². The average molecular weight is 543 g/mol. The molecule has 1 heterocycles. The van der Waals surface area contributed by atoms with Crippen molar-refractivity contribution in [2.75, 3.05) is 34.8 Å². The van der Waals surface area contributed by atoms with Crippen LogP contribution in [0, 0.1) is 5.92 Å². The van der Waals surface area contributed by atoms with Crippen molar-refractivity contribution in [1.82, 2.24) is 9.21 Å². The lowest BCUT2D eigenvalue weighted by Gasteiger charge is -2.48. The third kappa shape index (κ3) is 5.75. The minimum Gasteiger partial charge on any atom is -0.497 e. The Balaban J connectivity index is 1.74. The van der Waals surface area contributed by atoms with Gasteiger partial charge >= 0.3 is 5.97 Å². The van der Waals surface area contributed by atoms with E-state index in [1.807, 2.05) is 56.6 Å². The zero-order valence-electron chi connectivity index (χ0n) is 21.7. The molecule has 9 heteroatoms. The molecule has 1 saturated carbocycles. The highest BCUT2D eigenvalue weighted by molar-refractivity contribution is 7.91. The van der Waals surface area contributed by atoms with Gasteiger partial charge in [0.15, 0.2) is 0 Å². The molecule has 1 aliphatic carbocycles. The molecule has 0 N–H and O–H groups in total. The van der Waals surface area contributed by atoms with Gasteiger partial charge in [0.2, 0.25) is 0 Å². The van der Waals surface area contributed by atoms with E-state index in [2.05, 4.69) is 4.90 Å². The van der Waals surface area contributed by atoms with E-state index in [9.17, 15) is 13.2 Å². The molecular weight excluding hydrogens is 508 g/mol. The molecule has 7 nitrogen and oxygen atoms in total. The van der Waals surface area contributed by atoms with Gasteiger partial charge in [-0.05, 0) is 74.6 Å². The molecule has 0 radical (unpaired) electrons. The van der Waals surface area contributed by atoms with E-state index in [-0.39, 0.29) is 12.0 Å². The predicted octanol–water partition coefficient (Wildman–Crippen LogP) is 4.86. The number of benzene rings is 2. The van der Waals surface area contributed by atoms with E-state index >= 15 is 0 Å². The molecular formula is C28H34N2O5S2. The molecule has 4 rings (SSSR count). The summed E-state index contributed by atoms with van der Waals surface area (Å²) in [6, 6.07) is 19.8. The van der Waals surface area contributed by atoms with Gasteiger partial charge in [-0.3, -0.25) is 0 Å². The van der Waals surface area contributed by atoms with E-state index in [4.69, 9.17) is 9.47 Å². The van der Waals surface area contributed by atoms with E-state index in [1.54, 1.807) is 43.8 Å². The molecule has 3 atom stereocenters. The Morgan fingerprint density at radius 3 is 2.46 bits per heavy atom. The third-order valence-corrected chi connectivity index (χ3v) is 10.4. The molecule has 0 spiro atoms. The summed E-state index contributed by atoms with van der Waals surface area (Å²) >= 11 is 1.22. The third-order valence-electron chi connectivity index (χ3n) is 7.14. The van der Waals surface area contributed by atoms with Crippen LogP contribution in [0.5, 0.6) is 5.75 Å². The number of esters is 1. The van der Waals surface area contributed by atoms with Crippen LogP contribution in [0.2, 0.25) is 0 Å². The van der Waals surface area contributed by atoms with Gasteiger partial charge in [0, 0.05) is 25.6 Å². The fraction of sp³-hybridized carbons (Fsp3) is 0.393. The Morgan fingerprint density at radius 1 is 1.05 bits per heavy atom. The molecule has 198 valence electrons. The molecule has 0 amide bonds. The summed E-state index contributed by atoms with van der Waals surface area (Å²) in [6.07, 6.45) is 1.56. The highest BCUT2D eigenvalue weighted by Crippen LogP contribution is 2.48. The molecule has 3 unspecified atom stereocenters. The second kappa shape index (κ2) is 11.3. The fourth-order valence-corrected chi connectivity index (χ4v) is 7.79. The Kier molecular flexibility index (Phi) is 8.38. The van der Waals surface area contributed by atoms with E-state index in [0.29, 0.717) is 41.3 Å². The molecule has 0 bridgehead atoms. The van der Waals surface area contributed by atoms with Crippen LogP contribution in [0.1, 0.15) is 35.2 Å². The maximum atomic E-state index is 13.4. The van der Waals surface area contributed by atoms with Crippen molar-refractivity contribution < 1.29 is 22.7 Å². The number of hydrogen-bond donors (Lipinski definition) is 0. The lowest BCUT2D eigenvalue weighted by atomic mass is 9.69. The number of methoxy groups -OCH3 is 1. The molecule has 37 heavy (non-hydrogen) atoms. The molecule has 2 aromatic carbocycles. The first-order valence-electron chi connectivity index (χ1n) is 12.3. The first-order valence-corrected chi connectivity index (χ1v) is 14.6. The molecule has 1 fully saturated rings. The van der Waals surface area contributed by atoms with Gasteiger partial charge in [-0.2, -0.15) is 4.31 Å². The van der Waals surface area contributed by atoms with Crippen LogP contribution in [-0.4, -0.2) is 64.4 Å². The fourth-order valence-electron chi connectivity index (χ4n) is 5.22. The standard InChI is InChI=1S/C28H34N2O5S2/c1-29(2)20-23-18-24(30(3)37(32,33)26-14-9-17-36-26)15-16-28(23,22-12-8-13-25(19-22)34-4)35-27(31)21-10-6-5-7-11-21/h5-14,17,19,23-24H,15-16,18,20H2,1-4H3. The number of nitrogens with zero attached hydrogens (tertiary/aromatic N) is 2. The summed E-state index contributed by atoms with van der Waals surface area (Å²) in [4.78, 5) is 15.5. The van der Waals surface area contributed by atoms with Crippen LogP contribution in [0.15, 0.2) is 76.3 Å². The van der Waals surface area contributed by atoms with Crippen molar-refractivity contribution in [1.29, 1.82) is 0 Å². The highest BCUT2D eigenvalue weighted by atomic mass is 32.2. The van der Waals surface area contributed by atoms with Gasteiger partial charge in [0.1, 0.15) is 15.6 Å². The maximum absolute atomic E-state index is 13.4. The van der Waals surface area contributed by atoms with Gasteiger partial charge in [-0.25, -0.2) is 13.2 Å². The Morgan fingerprint density at radius 2 is 1.81 bits per heavy atom. The predicted molar refractivity (Wildman–Crippen MR) is 145 cm³/mol. The van der Waals surface area contributed by atoms with Crippen molar-refractivity contribution in [3.8, 4) is 5.75 Å². The topological polar surface area (TPSA) is 76.1 Å². The minimum atomic E-state index is -3.62. The highest BCUT2D eigenvalue weighted by Gasteiger charge is 2.50. The summed E-state index contributed by atoms with van der Waals surface area (Å²) in [5.74, 6) is 0.114. The van der Waals surface area contributed by atoms with Gasteiger partial charge in [-0.15, -0.1) is 11.3 Å². The SMILES string of the molecule is COc1cccc(C2(OC(=O)c3ccccc3)CCC(N(C)S(=O)(=O)c3cccs3)CC2CN(C)C)c1. The average Bonchev–Trinajstić information content (AvgIpc) is 3.45. The number of ether oxygens (including phenoxy) is 2. The van der Waals surface area contributed by atoms with Crippen molar-refractivity contribution in [3.05, 3.63) is 83.2 Å². The van der Waals surface area contributed by atoms with Crippen LogP contribution < -0.4 is 4.74 Å². The van der Waals surface area contributed by atoms with Gasteiger partial charge < -0.3 is 14.4 Å². The number of carbonyl (C=O) groups excluding carboxylic acids is 1. The van der Waals surface area contributed by atoms with Crippen molar-refractivity contribution in [2.24, 2.45) is 5.92 Å². The molecule has 1 aromatic heterocycles. The normalized spacial score (nSPS) is 22.2. The lowest BCUT2D eigenvalue weighted by Crippen LogP contribution is -2.52. The summed E-state index contributed by atoms with van der Waals surface area (Å²) in [6.45, 7) is 0.614. The van der Waals surface area contributed by atoms with Gasteiger partial charge in [0.05, 0.1) is 12.7 Å². The summed E-state index contributed by atoms with van der Waals surface area (Å²) < 4.78 is 40.4. The largest absolute Gasteiger partial charge is 0.497 e. The Bertz CT molecular complexity index is 1300. The zero-order valence-corrected chi connectivity index (χ0v) is 23.3. The number of thiophene rings is 1. The summed E-state index contributed by atoms with van der Waals surface area (Å²) in [7, 11) is 3.60. The van der Waals surface area contributed by atoms with Crippen molar-refractivity contribution in [3.63, 3.8) is 0 Å². The van der Waals surface area contributed by atoms with Crippen molar-refractivity contribution in [2.45, 2.75) is 35.1 Å². The van der Waals surface area contributed by atoms with Crippen LogP contribution in [0.3, 0.4) is 0 Å². The Labute approximate surface area is 223 Å². The molecule has 0 aliphatic heterocycles. The van der Waals surface area contributed by atoms with Crippen LogP contribution in [0.4, 0.5) is 0 Å². The Hall–Kier alpha value is -2.72. The minimum absolute atomic E-state index is 0.165. The quantitative estimate of drug-likeness (QED) is 0.360. The summed E-state index contributed by atoms with van der Waals surface area (Å²) in [5.41, 5.74) is 0.383. The van der Waals surface area contributed by atoms with Gasteiger partial charge in [0.25, 0.3) is 10.0 Å². The lowest BCUT2D eigenvalue weighted by molar-refractivity contribution is -0.0916. The number of rotatable bonds is 9. The second-order valence-electron chi connectivity index (χ2n) is 9.72. The molecule has 0 saturated heterocycles. The van der Waals surface area contributed by atoms with E-state index in [1.165, 1.54) is 15.6 Å². The number of carbonyl (C=O) groups is 1.